The van der Waals surface area contributed by atoms with Crippen molar-refractivity contribution in [1.29, 1.82) is 0 Å². The highest BCUT2D eigenvalue weighted by Crippen LogP contribution is 2.28. The summed E-state index contributed by atoms with van der Waals surface area (Å²) < 4.78 is 2.23. The normalized spacial score (nSPS) is 21.4. The first-order chi connectivity index (χ1) is 10.4. The Morgan fingerprint density at radius 3 is 2.71 bits per heavy atom. The van der Waals surface area contributed by atoms with Crippen LogP contribution in [0.2, 0.25) is 0 Å². The third-order valence-electron chi connectivity index (χ3n) is 5.06. The van der Waals surface area contributed by atoms with E-state index in [1.54, 1.807) is 0 Å². The number of rotatable bonds is 6. The van der Waals surface area contributed by atoms with Crippen LogP contribution in [0.3, 0.4) is 0 Å². The largest absolute Gasteiger partial charge is 0.317 e. The van der Waals surface area contributed by atoms with Crippen molar-refractivity contribution in [2.45, 2.75) is 70.5 Å². The van der Waals surface area contributed by atoms with E-state index < -0.39 is 0 Å². The SMILES string of the molecule is CCCN(Cc1ccn(C2CCCC2)n1)C1CCNCC1. The zero-order valence-electron chi connectivity index (χ0n) is 13.4. The van der Waals surface area contributed by atoms with Crippen molar-refractivity contribution >= 4 is 0 Å². The van der Waals surface area contributed by atoms with E-state index in [1.165, 1.54) is 70.3 Å². The average Bonchev–Trinajstić information content (AvgIpc) is 3.19. The van der Waals surface area contributed by atoms with Gasteiger partial charge in [-0.15, -0.1) is 0 Å². The molecular weight excluding hydrogens is 260 g/mol. The Kier molecular flexibility index (Phi) is 5.31. The van der Waals surface area contributed by atoms with Gasteiger partial charge in [0, 0.05) is 18.8 Å². The van der Waals surface area contributed by atoms with Gasteiger partial charge in [-0.3, -0.25) is 9.58 Å². The third kappa shape index (κ3) is 3.86. The van der Waals surface area contributed by atoms with E-state index in [9.17, 15) is 0 Å². The Bertz CT molecular complexity index is 416. The lowest BCUT2D eigenvalue weighted by Crippen LogP contribution is -2.43. The quantitative estimate of drug-likeness (QED) is 0.874. The van der Waals surface area contributed by atoms with Crippen LogP contribution in [0.15, 0.2) is 12.3 Å². The van der Waals surface area contributed by atoms with E-state index in [2.05, 4.69) is 34.1 Å². The number of hydrogen-bond donors (Lipinski definition) is 1. The van der Waals surface area contributed by atoms with E-state index in [0.29, 0.717) is 6.04 Å². The van der Waals surface area contributed by atoms with Gasteiger partial charge in [-0.25, -0.2) is 0 Å². The summed E-state index contributed by atoms with van der Waals surface area (Å²) in [6, 6.07) is 3.64. The lowest BCUT2D eigenvalue weighted by molar-refractivity contribution is 0.152. The second-order valence-electron chi connectivity index (χ2n) is 6.68. The summed E-state index contributed by atoms with van der Waals surface area (Å²) in [5, 5.41) is 8.34. The molecule has 1 aromatic heterocycles. The molecule has 118 valence electrons. The molecule has 0 bridgehead atoms. The van der Waals surface area contributed by atoms with Gasteiger partial charge in [-0.1, -0.05) is 19.8 Å². The molecule has 2 heterocycles. The molecule has 2 fully saturated rings. The van der Waals surface area contributed by atoms with E-state index in [-0.39, 0.29) is 0 Å². The Morgan fingerprint density at radius 2 is 2.00 bits per heavy atom. The highest BCUT2D eigenvalue weighted by atomic mass is 15.3. The molecule has 3 rings (SSSR count). The van der Waals surface area contributed by atoms with Gasteiger partial charge in [0.1, 0.15) is 0 Å². The van der Waals surface area contributed by atoms with Crippen LogP contribution < -0.4 is 5.32 Å². The maximum atomic E-state index is 4.87. The molecule has 1 saturated heterocycles. The molecule has 1 aromatic rings. The summed E-state index contributed by atoms with van der Waals surface area (Å²) in [6.45, 7) is 6.84. The van der Waals surface area contributed by atoms with Crippen LogP contribution in [0.4, 0.5) is 0 Å². The van der Waals surface area contributed by atoms with Gasteiger partial charge >= 0.3 is 0 Å². The minimum atomic E-state index is 0.664. The predicted octanol–water partition coefficient (Wildman–Crippen LogP) is 2.96. The molecule has 0 spiro atoms. The number of aromatic nitrogens is 2. The first kappa shape index (κ1) is 15.0. The van der Waals surface area contributed by atoms with Crippen LogP contribution in [-0.2, 0) is 6.54 Å². The molecule has 4 heteroatoms. The van der Waals surface area contributed by atoms with Crippen LogP contribution in [-0.4, -0.2) is 40.4 Å². The van der Waals surface area contributed by atoms with Crippen molar-refractivity contribution in [3.05, 3.63) is 18.0 Å². The number of piperidine rings is 1. The third-order valence-corrected chi connectivity index (χ3v) is 5.06. The van der Waals surface area contributed by atoms with Crippen LogP contribution in [0.25, 0.3) is 0 Å². The van der Waals surface area contributed by atoms with Crippen molar-refractivity contribution in [3.63, 3.8) is 0 Å². The lowest BCUT2D eigenvalue weighted by atomic mass is 10.0. The maximum absolute atomic E-state index is 4.87. The molecule has 1 saturated carbocycles. The molecule has 0 unspecified atom stereocenters. The molecule has 21 heavy (non-hydrogen) atoms. The Morgan fingerprint density at radius 1 is 1.24 bits per heavy atom. The fraction of sp³-hybridized carbons (Fsp3) is 0.824. The van der Waals surface area contributed by atoms with Gasteiger partial charge in [0.15, 0.2) is 0 Å². The maximum Gasteiger partial charge on any atom is 0.0765 e. The number of nitrogens with zero attached hydrogens (tertiary/aromatic N) is 3. The first-order valence-electron chi connectivity index (χ1n) is 8.85. The summed E-state index contributed by atoms with van der Waals surface area (Å²) in [4.78, 5) is 2.65. The summed E-state index contributed by atoms with van der Waals surface area (Å²) in [7, 11) is 0. The lowest BCUT2D eigenvalue weighted by Gasteiger charge is -2.34. The fourth-order valence-electron chi connectivity index (χ4n) is 3.89. The summed E-state index contributed by atoms with van der Waals surface area (Å²) in [5.74, 6) is 0. The van der Waals surface area contributed by atoms with E-state index >= 15 is 0 Å². The van der Waals surface area contributed by atoms with Crippen LogP contribution >= 0.6 is 0 Å². The Labute approximate surface area is 128 Å². The summed E-state index contributed by atoms with van der Waals surface area (Å²) in [5.41, 5.74) is 1.26. The molecule has 0 atom stereocenters. The van der Waals surface area contributed by atoms with E-state index in [1.807, 2.05) is 0 Å². The van der Waals surface area contributed by atoms with Crippen LogP contribution in [0, 0.1) is 0 Å². The monoisotopic (exact) mass is 290 g/mol. The second-order valence-corrected chi connectivity index (χ2v) is 6.68. The van der Waals surface area contributed by atoms with Gasteiger partial charge in [-0.05, 0) is 57.8 Å². The highest BCUT2D eigenvalue weighted by Gasteiger charge is 2.22. The van der Waals surface area contributed by atoms with Crippen molar-refractivity contribution in [2.24, 2.45) is 0 Å². The van der Waals surface area contributed by atoms with E-state index in [0.717, 1.165) is 12.6 Å². The molecule has 0 amide bonds. The molecule has 4 nitrogen and oxygen atoms in total. The van der Waals surface area contributed by atoms with Gasteiger partial charge in [0.25, 0.3) is 0 Å². The van der Waals surface area contributed by atoms with Crippen molar-refractivity contribution in [2.75, 3.05) is 19.6 Å². The topological polar surface area (TPSA) is 33.1 Å². The molecule has 0 aromatic carbocycles. The van der Waals surface area contributed by atoms with Gasteiger partial charge in [0.05, 0.1) is 11.7 Å². The molecule has 1 N–H and O–H groups in total. The average molecular weight is 290 g/mol. The van der Waals surface area contributed by atoms with Crippen molar-refractivity contribution in [1.82, 2.24) is 20.0 Å². The number of nitrogens with one attached hydrogen (secondary N) is 1. The van der Waals surface area contributed by atoms with Crippen LogP contribution in [0.5, 0.6) is 0 Å². The molecule has 1 aliphatic carbocycles. The van der Waals surface area contributed by atoms with Crippen molar-refractivity contribution < 1.29 is 0 Å². The molecular formula is C17H30N4. The van der Waals surface area contributed by atoms with Crippen LogP contribution in [0.1, 0.15) is 63.6 Å². The predicted molar refractivity (Wildman–Crippen MR) is 86.3 cm³/mol. The smallest absolute Gasteiger partial charge is 0.0765 e. The van der Waals surface area contributed by atoms with Gasteiger partial charge in [0.2, 0.25) is 0 Å². The summed E-state index contributed by atoms with van der Waals surface area (Å²) in [6.07, 6.45) is 11.4. The number of hydrogen-bond acceptors (Lipinski definition) is 3. The zero-order valence-corrected chi connectivity index (χ0v) is 13.4. The van der Waals surface area contributed by atoms with Gasteiger partial charge in [-0.2, -0.15) is 5.10 Å². The molecule has 1 aliphatic heterocycles. The van der Waals surface area contributed by atoms with Crippen molar-refractivity contribution in [3.8, 4) is 0 Å². The Balaban J connectivity index is 1.61. The van der Waals surface area contributed by atoms with E-state index in [4.69, 9.17) is 5.10 Å². The Hall–Kier alpha value is -0.870. The standard InChI is InChI=1S/C17H30N4/c1-2-12-20(16-7-10-18-11-8-16)14-15-9-13-21(19-15)17-5-3-4-6-17/h9,13,16-18H,2-8,10-12,14H2,1H3. The highest BCUT2D eigenvalue weighted by molar-refractivity contribution is 5.01. The second kappa shape index (κ2) is 7.41. The zero-order chi connectivity index (χ0) is 14.5. The van der Waals surface area contributed by atoms with Gasteiger partial charge < -0.3 is 5.32 Å². The fourth-order valence-corrected chi connectivity index (χ4v) is 3.89. The first-order valence-corrected chi connectivity index (χ1v) is 8.85. The minimum Gasteiger partial charge on any atom is -0.317 e. The summed E-state index contributed by atoms with van der Waals surface area (Å²) >= 11 is 0. The molecule has 2 aliphatic rings. The minimum absolute atomic E-state index is 0.664. The molecule has 0 radical (unpaired) electrons.